The van der Waals surface area contributed by atoms with Crippen LogP contribution in [0.2, 0.25) is 0 Å². The Morgan fingerprint density at radius 2 is 1.48 bits per heavy atom. The molecule has 1 aliphatic heterocycles. The van der Waals surface area contributed by atoms with E-state index in [9.17, 15) is 19.5 Å². The van der Waals surface area contributed by atoms with Gasteiger partial charge < -0.3 is 14.6 Å². The van der Waals surface area contributed by atoms with Gasteiger partial charge in [0.05, 0.1) is 16.5 Å². The molecule has 2 bridgehead atoms. The number of carbonyl (C=O) groups is 3. The molecule has 44 heavy (non-hydrogen) atoms. The van der Waals surface area contributed by atoms with Crippen molar-refractivity contribution in [3.63, 3.8) is 0 Å². The number of carboxylic acid groups (broad SMARTS) is 1. The van der Waals surface area contributed by atoms with E-state index in [-0.39, 0.29) is 61.8 Å². The summed E-state index contributed by atoms with van der Waals surface area (Å²) in [6.07, 6.45) is 10.3. The fraction of sp³-hybridized carbons (Fsp3) is 0.763. The first-order valence-electron chi connectivity index (χ1n) is 17.3. The fourth-order valence-electron chi connectivity index (χ4n) is 13.1. The second-order valence-electron chi connectivity index (χ2n) is 17.8. The molecular formula is C38H52O6. The van der Waals surface area contributed by atoms with Gasteiger partial charge in [-0.3, -0.25) is 4.79 Å². The van der Waals surface area contributed by atoms with Crippen LogP contribution in [0.5, 0.6) is 0 Å². The number of ether oxygens (including phenoxy) is 2. The summed E-state index contributed by atoms with van der Waals surface area (Å²) in [4.78, 5) is 38.7. The summed E-state index contributed by atoms with van der Waals surface area (Å²) in [6.45, 7) is 16.9. The Morgan fingerprint density at radius 1 is 0.795 bits per heavy atom. The second kappa shape index (κ2) is 9.35. The first-order valence-corrected chi connectivity index (χ1v) is 17.3. The number of rotatable bonds is 3. The smallest absolute Gasteiger partial charge is 0.339 e. The average molecular weight is 605 g/mol. The van der Waals surface area contributed by atoms with Crippen LogP contribution >= 0.6 is 0 Å². The predicted molar refractivity (Wildman–Crippen MR) is 167 cm³/mol. The summed E-state index contributed by atoms with van der Waals surface area (Å²) in [5, 5.41) is 9.65. The summed E-state index contributed by atoms with van der Waals surface area (Å²) in [5.74, 6) is 0.269. The van der Waals surface area contributed by atoms with Crippen molar-refractivity contribution in [2.75, 3.05) is 0 Å². The molecule has 6 nitrogen and oxygen atoms in total. The van der Waals surface area contributed by atoms with Crippen molar-refractivity contribution >= 4 is 17.9 Å². The van der Waals surface area contributed by atoms with Crippen LogP contribution in [-0.2, 0) is 14.3 Å². The molecule has 10 atom stereocenters. The maximum Gasteiger partial charge on any atom is 0.339 e. The fourth-order valence-corrected chi connectivity index (χ4v) is 13.1. The minimum Gasteiger partial charge on any atom is -0.478 e. The van der Waals surface area contributed by atoms with Crippen LogP contribution in [0.3, 0.4) is 0 Å². The van der Waals surface area contributed by atoms with Gasteiger partial charge in [0.15, 0.2) is 0 Å². The molecule has 1 N–H and O–H groups in total. The van der Waals surface area contributed by atoms with Crippen LogP contribution in [0.25, 0.3) is 0 Å². The molecule has 1 saturated heterocycles. The summed E-state index contributed by atoms with van der Waals surface area (Å²) in [6, 6.07) is 6.36. The van der Waals surface area contributed by atoms with Crippen LogP contribution in [0.4, 0.5) is 0 Å². The number of aromatic carboxylic acids is 1. The number of hydrogen-bond acceptors (Lipinski definition) is 5. The second-order valence-corrected chi connectivity index (χ2v) is 17.8. The lowest BCUT2D eigenvalue weighted by Gasteiger charge is -2.73. The van der Waals surface area contributed by atoms with Crippen molar-refractivity contribution in [1.29, 1.82) is 0 Å². The number of carbonyl (C=O) groups excluding carboxylic acids is 2. The summed E-state index contributed by atoms with van der Waals surface area (Å²) in [7, 11) is 0. The zero-order valence-electron chi connectivity index (χ0n) is 27.8. The molecule has 1 aromatic carbocycles. The van der Waals surface area contributed by atoms with E-state index in [4.69, 9.17) is 9.47 Å². The maximum absolute atomic E-state index is 13.5. The molecular weight excluding hydrogens is 552 g/mol. The molecule has 6 heteroatoms. The molecule has 6 aliphatic rings. The quantitative estimate of drug-likeness (QED) is 0.349. The van der Waals surface area contributed by atoms with Crippen LogP contribution in [0, 0.1) is 56.2 Å². The zero-order chi connectivity index (χ0) is 31.7. The third-order valence-corrected chi connectivity index (χ3v) is 15.6. The average Bonchev–Trinajstić information content (AvgIpc) is 3.22. The third-order valence-electron chi connectivity index (χ3n) is 15.6. The zero-order valence-corrected chi connectivity index (χ0v) is 27.8. The van der Waals surface area contributed by atoms with Gasteiger partial charge in [0.2, 0.25) is 0 Å². The maximum atomic E-state index is 13.5. The molecule has 5 saturated carbocycles. The third kappa shape index (κ3) is 3.69. The van der Waals surface area contributed by atoms with Gasteiger partial charge in [-0.05, 0) is 110 Å². The first kappa shape index (κ1) is 30.3. The van der Waals surface area contributed by atoms with Gasteiger partial charge in [-0.25, -0.2) is 9.59 Å². The van der Waals surface area contributed by atoms with E-state index in [2.05, 4.69) is 48.5 Å². The van der Waals surface area contributed by atoms with Crippen LogP contribution < -0.4 is 0 Å². The van der Waals surface area contributed by atoms with Crippen LogP contribution in [0.15, 0.2) is 24.3 Å². The standard InChI is InChI=1S/C38H52O6/c1-33(2)18-20-38-21-19-36(6)24(28(38)29(33)44-32(38)42)12-13-26-35(5)16-15-27(34(3,4)25(35)14-17-37(26,36)7)43-31(41)23-11-9-8-10-22(23)30(39)40/h8-11,24-29H,12-21H2,1-7H3,(H,39,40)/t24-,25+,26+,27+,28+,29-,35+,36-,37-,38+/m1/s1. The molecule has 0 unspecified atom stereocenters. The Hall–Kier alpha value is -2.37. The van der Waals surface area contributed by atoms with Crippen LogP contribution in [-0.4, -0.2) is 35.2 Å². The molecule has 5 aliphatic carbocycles. The molecule has 0 amide bonds. The molecule has 6 fully saturated rings. The topological polar surface area (TPSA) is 89.9 Å². The highest BCUT2D eigenvalue weighted by Crippen LogP contribution is 2.78. The van der Waals surface area contributed by atoms with Gasteiger partial charge >= 0.3 is 17.9 Å². The van der Waals surface area contributed by atoms with Crippen LogP contribution in [0.1, 0.15) is 133 Å². The van der Waals surface area contributed by atoms with E-state index in [1.165, 1.54) is 18.9 Å². The van der Waals surface area contributed by atoms with E-state index < -0.39 is 11.9 Å². The molecule has 0 aromatic heterocycles. The highest BCUT2D eigenvalue weighted by molar-refractivity contribution is 6.02. The van der Waals surface area contributed by atoms with Crippen molar-refractivity contribution in [3.8, 4) is 0 Å². The summed E-state index contributed by atoms with van der Waals surface area (Å²) >= 11 is 0. The number of benzene rings is 1. The normalized spacial score (nSPS) is 46.4. The predicted octanol–water partition coefficient (Wildman–Crippen LogP) is 8.33. The lowest BCUT2D eigenvalue weighted by molar-refractivity contribution is -0.252. The Morgan fingerprint density at radius 3 is 2.18 bits per heavy atom. The van der Waals surface area contributed by atoms with E-state index in [1.807, 2.05) is 0 Å². The van der Waals surface area contributed by atoms with Gasteiger partial charge in [0.1, 0.15) is 12.2 Å². The number of fused-ring (bicyclic) bond motifs is 5. The SMILES string of the molecule is CC1(C)CC[C@]23CC[C@]4(C)[C@H](CC[C@H]5[C@@]6(C)CC[C@H](OC(=O)c7ccccc7C(=O)O)C(C)(C)[C@@H]6CC[C@]54C)[C@H]2[C@H]1OC3=O. The minimum atomic E-state index is -1.11. The Bertz CT molecular complexity index is 1410. The Balaban J connectivity index is 1.17. The van der Waals surface area contributed by atoms with Crippen molar-refractivity contribution in [1.82, 2.24) is 0 Å². The summed E-state index contributed by atoms with van der Waals surface area (Å²) in [5.41, 5.74) is 0.109. The van der Waals surface area contributed by atoms with Crippen molar-refractivity contribution in [2.24, 2.45) is 56.2 Å². The molecule has 240 valence electrons. The highest BCUT2D eigenvalue weighted by atomic mass is 16.6. The number of esters is 2. The van der Waals surface area contributed by atoms with Gasteiger partial charge in [-0.2, -0.15) is 0 Å². The number of carboxylic acids is 1. The van der Waals surface area contributed by atoms with E-state index in [0.29, 0.717) is 23.7 Å². The number of hydrogen-bond donors (Lipinski definition) is 1. The Kier molecular flexibility index (Phi) is 6.43. The van der Waals surface area contributed by atoms with Gasteiger partial charge in [0, 0.05) is 16.7 Å². The minimum absolute atomic E-state index is 0.00876. The monoisotopic (exact) mass is 604 g/mol. The molecule has 1 heterocycles. The molecule has 0 radical (unpaired) electrons. The van der Waals surface area contributed by atoms with Gasteiger partial charge in [-0.15, -0.1) is 0 Å². The summed E-state index contributed by atoms with van der Waals surface area (Å²) < 4.78 is 12.5. The van der Waals surface area contributed by atoms with E-state index >= 15 is 0 Å². The van der Waals surface area contributed by atoms with Gasteiger partial charge in [-0.1, -0.05) is 60.6 Å². The molecule has 0 spiro atoms. The molecule has 1 aromatic rings. The first-order chi connectivity index (χ1) is 20.5. The van der Waals surface area contributed by atoms with Gasteiger partial charge in [0.25, 0.3) is 0 Å². The van der Waals surface area contributed by atoms with Crippen molar-refractivity contribution < 1.29 is 29.0 Å². The van der Waals surface area contributed by atoms with Crippen molar-refractivity contribution in [2.45, 2.75) is 125 Å². The Labute approximate surface area is 263 Å². The van der Waals surface area contributed by atoms with E-state index in [1.54, 1.807) is 18.2 Å². The lowest BCUT2D eigenvalue weighted by Crippen LogP contribution is -2.68. The lowest BCUT2D eigenvalue weighted by atomic mass is 9.31. The van der Waals surface area contributed by atoms with E-state index in [0.717, 1.165) is 51.4 Å². The molecule has 7 rings (SSSR count). The largest absolute Gasteiger partial charge is 0.478 e. The highest BCUT2D eigenvalue weighted by Gasteiger charge is 2.75. The van der Waals surface area contributed by atoms with Crippen molar-refractivity contribution in [3.05, 3.63) is 35.4 Å².